The first-order chi connectivity index (χ1) is 9.08. The molecule has 0 saturated carbocycles. The van der Waals surface area contributed by atoms with Crippen molar-refractivity contribution in [3.63, 3.8) is 0 Å². The highest BCUT2D eigenvalue weighted by Crippen LogP contribution is 2.17. The van der Waals surface area contributed by atoms with Crippen molar-refractivity contribution in [1.82, 2.24) is 0 Å². The monoisotopic (exact) mass is 276 g/mol. The molecule has 2 nitrogen and oxygen atoms in total. The standard InChI is InChI=1S/C16H17ClO2/c1-4-6-14(7-5-2)19-15-10-8-13(9-11-15)16(18)12(3)17/h4-12H,1H2,2-3H3/b7-5-,14-6+. The summed E-state index contributed by atoms with van der Waals surface area (Å²) in [6, 6.07) is 6.90. The summed E-state index contributed by atoms with van der Waals surface area (Å²) in [4.78, 5) is 11.7. The molecule has 100 valence electrons. The highest BCUT2D eigenvalue weighted by Gasteiger charge is 2.11. The Morgan fingerprint density at radius 1 is 1.37 bits per heavy atom. The van der Waals surface area contributed by atoms with Crippen molar-refractivity contribution < 1.29 is 9.53 Å². The number of allylic oxidation sites excluding steroid dienone is 4. The predicted octanol–water partition coefficient (Wildman–Crippen LogP) is 4.52. The zero-order valence-electron chi connectivity index (χ0n) is 11.1. The van der Waals surface area contributed by atoms with Crippen LogP contribution in [-0.2, 0) is 0 Å². The number of rotatable bonds is 6. The van der Waals surface area contributed by atoms with Crippen LogP contribution in [0.4, 0.5) is 0 Å². The summed E-state index contributed by atoms with van der Waals surface area (Å²) in [6.45, 7) is 7.20. The van der Waals surface area contributed by atoms with Gasteiger partial charge in [0.15, 0.2) is 5.78 Å². The molecule has 0 aliphatic rings. The summed E-state index contributed by atoms with van der Waals surface area (Å²) >= 11 is 5.76. The van der Waals surface area contributed by atoms with Crippen LogP contribution in [0.25, 0.3) is 0 Å². The van der Waals surface area contributed by atoms with E-state index in [1.807, 2.05) is 19.1 Å². The van der Waals surface area contributed by atoms with Crippen molar-refractivity contribution in [3.05, 3.63) is 66.5 Å². The Morgan fingerprint density at radius 2 is 2.00 bits per heavy atom. The molecular weight excluding hydrogens is 260 g/mol. The molecule has 1 aromatic carbocycles. The van der Waals surface area contributed by atoms with Gasteiger partial charge in [-0.1, -0.05) is 18.7 Å². The number of ether oxygens (including phenoxy) is 1. The smallest absolute Gasteiger partial charge is 0.180 e. The lowest BCUT2D eigenvalue weighted by Gasteiger charge is -2.07. The fourth-order valence-corrected chi connectivity index (χ4v) is 1.58. The number of benzene rings is 1. The van der Waals surface area contributed by atoms with Gasteiger partial charge in [-0.3, -0.25) is 4.79 Å². The Morgan fingerprint density at radius 3 is 2.47 bits per heavy atom. The minimum Gasteiger partial charge on any atom is -0.457 e. The molecule has 0 spiro atoms. The number of carbonyl (C=O) groups is 1. The molecule has 0 heterocycles. The third kappa shape index (κ3) is 4.76. The second-order valence-electron chi connectivity index (χ2n) is 3.91. The lowest BCUT2D eigenvalue weighted by Crippen LogP contribution is -2.10. The summed E-state index contributed by atoms with van der Waals surface area (Å²) in [6.07, 6.45) is 7.13. The first-order valence-electron chi connectivity index (χ1n) is 6.00. The van der Waals surface area contributed by atoms with Crippen molar-refractivity contribution in [3.8, 4) is 5.75 Å². The van der Waals surface area contributed by atoms with Crippen LogP contribution in [-0.4, -0.2) is 11.2 Å². The Bertz CT molecular complexity index is 496. The molecule has 1 unspecified atom stereocenters. The van der Waals surface area contributed by atoms with Crippen LogP contribution in [0.1, 0.15) is 24.2 Å². The summed E-state index contributed by atoms with van der Waals surface area (Å²) in [5, 5.41) is -0.522. The molecular formula is C16H17ClO2. The summed E-state index contributed by atoms with van der Waals surface area (Å²) < 4.78 is 5.65. The zero-order valence-corrected chi connectivity index (χ0v) is 11.9. The molecule has 0 aromatic heterocycles. The predicted molar refractivity (Wildman–Crippen MR) is 79.8 cm³/mol. The molecule has 1 rings (SSSR count). The number of ketones is 1. The van der Waals surface area contributed by atoms with Gasteiger partial charge in [0, 0.05) is 5.56 Å². The van der Waals surface area contributed by atoms with Gasteiger partial charge in [-0.2, -0.15) is 0 Å². The van der Waals surface area contributed by atoms with E-state index in [1.54, 1.807) is 43.3 Å². The van der Waals surface area contributed by atoms with E-state index >= 15 is 0 Å². The minimum absolute atomic E-state index is 0.0940. The van der Waals surface area contributed by atoms with Crippen molar-refractivity contribution >= 4 is 17.4 Å². The van der Waals surface area contributed by atoms with Gasteiger partial charge in [0.25, 0.3) is 0 Å². The van der Waals surface area contributed by atoms with Crippen LogP contribution in [0.3, 0.4) is 0 Å². The van der Waals surface area contributed by atoms with E-state index in [1.165, 1.54) is 0 Å². The molecule has 0 N–H and O–H groups in total. The molecule has 0 saturated heterocycles. The number of carbonyl (C=O) groups excluding carboxylic acids is 1. The maximum atomic E-state index is 11.7. The van der Waals surface area contributed by atoms with Crippen LogP contribution in [0.5, 0.6) is 5.75 Å². The largest absolute Gasteiger partial charge is 0.457 e. The fourth-order valence-electron chi connectivity index (χ4n) is 1.46. The third-order valence-corrected chi connectivity index (χ3v) is 2.55. The molecule has 0 amide bonds. The number of Topliss-reactive ketones (excluding diaryl/α,β-unsaturated/α-hetero) is 1. The quantitative estimate of drug-likeness (QED) is 0.330. The van der Waals surface area contributed by atoms with Crippen LogP contribution in [0, 0.1) is 0 Å². The van der Waals surface area contributed by atoms with Crippen LogP contribution >= 0.6 is 11.6 Å². The molecule has 0 aliphatic carbocycles. The number of hydrogen-bond acceptors (Lipinski definition) is 2. The van der Waals surface area contributed by atoms with Crippen molar-refractivity contribution in [2.24, 2.45) is 0 Å². The molecule has 0 bridgehead atoms. The average Bonchev–Trinajstić information content (AvgIpc) is 2.39. The summed E-state index contributed by atoms with van der Waals surface area (Å²) in [5.74, 6) is 1.25. The zero-order chi connectivity index (χ0) is 14.3. The molecule has 0 radical (unpaired) electrons. The van der Waals surface area contributed by atoms with Crippen molar-refractivity contribution in [2.45, 2.75) is 19.2 Å². The van der Waals surface area contributed by atoms with Gasteiger partial charge < -0.3 is 4.74 Å². The first kappa shape index (κ1) is 15.3. The van der Waals surface area contributed by atoms with Gasteiger partial charge in [0.2, 0.25) is 0 Å². The number of hydrogen-bond donors (Lipinski definition) is 0. The fraction of sp³-hybridized carbons (Fsp3) is 0.188. The van der Waals surface area contributed by atoms with Crippen LogP contribution in [0.2, 0.25) is 0 Å². The van der Waals surface area contributed by atoms with E-state index in [4.69, 9.17) is 16.3 Å². The molecule has 1 atom stereocenters. The van der Waals surface area contributed by atoms with E-state index in [2.05, 4.69) is 6.58 Å². The summed E-state index contributed by atoms with van der Waals surface area (Å²) in [7, 11) is 0. The lowest BCUT2D eigenvalue weighted by atomic mass is 10.1. The molecule has 0 fully saturated rings. The SMILES string of the molecule is C=C/C=C(\C=C/C)Oc1ccc(C(=O)C(C)Cl)cc1. The lowest BCUT2D eigenvalue weighted by molar-refractivity contribution is 0.0991. The van der Waals surface area contributed by atoms with Gasteiger partial charge in [-0.15, -0.1) is 11.6 Å². The van der Waals surface area contributed by atoms with Crippen molar-refractivity contribution in [2.75, 3.05) is 0 Å². The molecule has 0 aliphatic heterocycles. The highest BCUT2D eigenvalue weighted by atomic mass is 35.5. The van der Waals surface area contributed by atoms with E-state index in [0.29, 0.717) is 17.1 Å². The topological polar surface area (TPSA) is 26.3 Å². The first-order valence-corrected chi connectivity index (χ1v) is 6.43. The van der Waals surface area contributed by atoms with Gasteiger partial charge in [-0.05, 0) is 50.3 Å². The summed E-state index contributed by atoms with van der Waals surface area (Å²) in [5.41, 5.74) is 0.579. The number of halogens is 1. The molecule has 1 aromatic rings. The van der Waals surface area contributed by atoms with E-state index in [-0.39, 0.29) is 5.78 Å². The van der Waals surface area contributed by atoms with E-state index in [0.717, 1.165) is 0 Å². The third-order valence-electron chi connectivity index (χ3n) is 2.35. The van der Waals surface area contributed by atoms with Gasteiger partial charge in [-0.25, -0.2) is 0 Å². The van der Waals surface area contributed by atoms with Crippen LogP contribution in [0.15, 0.2) is 60.9 Å². The Labute approximate surface area is 119 Å². The van der Waals surface area contributed by atoms with E-state index in [9.17, 15) is 4.79 Å². The minimum atomic E-state index is -0.522. The molecule has 19 heavy (non-hydrogen) atoms. The van der Waals surface area contributed by atoms with E-state index < -0.39 is 5.38 Å². The van der Waals surface area contributed by atoms with Gasteiger partial charge >= 0.3 is 0 Å². The highest BCUT2D eigenvalue weighted by molar-refractivity contribution is 6.33. The second kappa shape index (κ2) is 7.59. The average molecular weight is 277 g/mol. The maximum absolute atomic E-state index is 11.7. The van der Waals surface area contributed by atoms with Gasteiger partial charge in [0.05, 0.1) is 5.38 Å². The van der Waals surface area contributed by atoms with Crippen molar-refractivity contribution in [1.29, 1.82) is 0 Å². The Balaban J connectivity index is 2.84. The second-order valence-corrected chi connectivity index (χ2v) is 4.57. The number of alkyl halides is 1. The normalized spacial score (nSPS) is 13.3. The Kier molecular flexibility index (Phi) is 6.10. The maximum Gasteiger partial charge on any atom is 0.180 e. The van der Waals surface area contributed by atoms with Gasteiger partial charge in [0.1, 0.15) is 11.5 Å². The molecule has 3 heteroatoms. The van der Waals surface area contributed by atoms with Crippen LogP contribution < -0.4 is 4.74 Å². The Hall–Kier alpha value is -1.80.